The Morgan fingerprint density at radius 3 is 2.50 bits per heavy atom. The predicted molar refractivity (Wildman–Crippen MR) is 101 cm³/mol. The van der Waals surface area contributed by atoms with Crippen LogP contribution in [0.15, 0.2) is 47.5 Å². The summed E-state index contributed by atoms with van der Waals surface area (Å²) in [4.78, 5) is 14.5. The first-order valence-electron chi connectivity index (χ1n) is 8.42. The highest BCUT2D eigenvalue weighted by Gasteiger charge is 2.23. The van der Waals surface area contributed by atoms with E-state index in [0.29, 0.717) is 32.8 Å². The van der Waals surface area contributed by atoms with Crippen molar-refractivity contribution in [3.05, 3.63) is 53.9 Å². The van der Waals surface area contributed by atoms with Crippen molar-refractivity contribution in [1.82, 2.24) is 9.47 Å². The van der Waals surface area contributed by atoms with Gasteiger partial charge >= 0.3 is 0 Å². The molecule has 0 N–H and O–H groups in total. The Bertz CT molecular complexity index is 834. The number of benzene rings is 1. The Morgan fingerprint density at radius 1 is 1.23 bits per heavy atom. The maximum absolute atomic E-state index is 12.9. The van der Waals surface area contributed by atoms with E-state index in [-0.39, 0.29) is 16.5 Å². The van der Waals surface area contributed by atoms with Crippen molar-refractivity contribution in [3.63, 3.8) is 0 Å². The van der Waals surface area contributed by atoms with Gasteiger partial charge < -0.3 is 14.2 Å². The molecule has 6 nitrogen and oxygen atoms in total. The number of nitrogens with zero attached hydrogens (tertiary/aromatic N) is 2. The monoisotopic (exact) mass is 398 g/mol. The fraction of sp³-hybridized carbons (Fsp3) is 0.389. The fourth-order valence-corrected chi connectivity index (χ4v) is 3.35. The molecule has 0 radical (unpaired) electrons. The molecule has 0 aliphatic heterocycles. The van der Waals surface area contributed by atoms with Gasteiger partial charge in [-0.05, 0) is 25.5 Å². The first-order chi connectivity index (χ1) is 12.4. The summed E-state index contributed by atoms with van der Waals surface area (Å²) in [5.74, 6) is -0.255. The second-order valence-electron chi connectivity index (χ2n) is 5.69. The highest BCUT2D eigenvalue weighted by molar-refractivity contribution is 8.13. The second-order valence-corrected chi connectivity index (χ2v) is 8.26. The third-order valence-electron chi connectivity index (χ3n) is 3.95. The van der Waals surface area contributed by atoms with Crippen LogP contribution < -0.4 is 0 Å². The van der Waals surface area contributed by atoms with E-state index in [0.717, 1.165) is 5.56 Å². The van der Waals surface area contributed by atoms with E-state index in [4.69, 9.17) is 15.4 Å². The third-order valence-corrected chi connectivity index (χ3v) is 5.27. The van der Waals surface area contributed by atoms with Crippen LogP contribution in [-0.2, 0) is 20.3 Å². The van der Waals surface area contributed by atoms with Gasteiger partial charge in [-0.1, -0.05) is 30.3 Å². The topological polar surface area (TPSA) is 68.6 Å². The lowest BCUT2D eigenvalue weighted by molar-refractivity contribution is 0.0659. The Labute approximate surface area is 158 Å². The Balaban J connectivity index is 2.35. The number of aromatic nitrogens is 1. The second kappa shape index (κ2) is 9.21. The van der Waals surface area contributed by atoms with Crippen LogP contribution in [0.5, 0.6) is 0 Å². The largest absolute Gasteiger partial charge is 0.380 e. The summed E-state index contributed by atoms with van der Waals surface area (Å²) < 4.78 is 30.4. The molecule has 1 aromatic carbocycles. The van der Waals surface area contributed by atoms with Crippen LogP contribution >= 0.6 is 10.7 Å². The maximum Gasteiger partial charge on any atom is 0.270 e. The molecule has 2 rings (SSSR count). The lowest BCUT2D eigenvalue weighted by atomic mass is 10.2. The van der Waals surface area contributed by atoms with Crippen LogP contribution in [0.4, 0.5) is 0 Å². The molecule has 1 heterocycles. The van der Waals surface area contributed by atoms with Gasteiger partial charge in [0.25, 0.3) is 15.0 Å². The average molecular weight is 399 g/mol. The quantitative estimate of drug-likeness (QED) is 0.481. The minimum atomic E-state index is -3.93. The number of amides is 1. The summed E-state index contributed by atoms with van der Waals surface area (Å²) in [5.41, 5.74) is 1.24. The fourth-order valence-electron chi connectivity index (χ4n) is 2.59. The molecule has 0 bridgehead atoms. The summed E-state index contributed by atoms with van der Waals surface area (Å²) in [6.07, 6.45) is 1.40. The van der Waals surface area contributed by atoms with Gasteiger partial charge in [-0.2, -0.15) is 0 Å². The van der Waals surface area contributed by atoms with E-state index in [9.17, 15) is 13.2 Å². The van der Waals surface area contributed by atoms with Crippen molar-refractivity contribution in [2.45, 2.75) is 25.3 Å². The molecule has 0 fully saturated rings. The average Bonchev–Trinajstić information content (AvgIpc) is 3.03. The molecule has 1 aromatic heterocycles. The van der Waals surface area contributed by atoms with E-state index in [1.807, 2.05) is 44.2 Å². The Kier molecular flexibility index (Phi) is 7.25. The number of rotatable bonds is 9. The molecule has 0 atom stereocenters. The van der Waals surface area contributed by atoms with Gasteiger partial charge in [-0.3, -0.25) is 4.79 Å². The van der Waals surface area contributed by atoms with E-state index in [1.54, 1.807) is 9.47 Å². The molecule has 8 heteroatoms. The van der Waals surface area contributed by atoms with Crippen molar-refractivity contribution in [3.8, 4) is 0 Å². The van der Waals surface area contributed by atoms with Crippen molar-refractivity contribution in [2.75, 3.05) is 26.3 Å². The summed E-state index contributed by atoms with van der Waals surface area (Å²) in [6.45, 7) is 6.06. The molecular formula is C18H23ClN2O4S. The van der Waals surface area contributed by atoms with Crippen molar-refractivity contribution < 1.29 is 17.9 Å². The lowest BCUT2D eigenvalue weighted by Gasteiger charge is -2.21. The zero-order valence-electron chi connectivity index (χ0n) is 14.9. The predicted octanol–water partition coefficient (Wildman–Crippen LogP) is 2.96. The first kappa shape index (κ1) is 20.5. The van der Waals surface area contributed by atoms with Gasteiger partial charge in [0.1, 0.15) is 10.6 Å². The Hall–Kier alpha value is -1.83. The minimum Gasteiger partial charge on any atom is -0.380 e. The molecule has 0 saturated heterocycles. The summed E-state index contributed by atoms with van der Waals surface area (Å²) in [6, 6.07) is 10.8. The van der Waals surface area contributed by atoms with Crippen molar-refractivity contribution in [1.29, 1.82) is 0 Å². The SMILES string of the molecule is CCOCCN(CC)C(=O)c1cc(S(=O)(=O)Cl)cn1Cc1ccccc1. The number of carbonyl (C=O) groups is 1. The molecule has 26 heavy (non-hydrogen) atoms. The minimum absolute atomic E-state index is 0.0840. The van der Waals surface area contributed by atoms with Crippen molar-refractivity contribution >= 4 is 25.6 Å². The van der Waals surface area contributed by atoms with Gasteiger partial charge in [0.15, 0.2) is 0 Å². The van der Waals surface area contributed by atoms with E-state index in [2.05, 4.69) is 0 Å². The lowest BCUT2D eigenvalue weighted by Crippen LogP contribution is -2.35. The summed E-state index contributed by atoms with van der Waals surface area (Å²) >= 11 is 0. The number of hydrogen-bond donors (Lipinski definition) is 0. The molecule has 0 saturated carbocycles. The highest BCUT2D eigenvalue weighted by atomic mass is 35.7. The standard InChI is InChI=1S/C18H23ClN2O4S/c1-3-20(10-11-25-4-2)18(22)17-12-16(26(19,23)24)14-21(17)13-15-8-6-5-7-9-15/h5-9,12,14H,3-4,10-11,13H2,1-2H3. The van der Waals surface area contributed by atoms with Gasteiger partial charge in [0, 0.05) is 43.1 Å². The molecule has 0 unspecified atom stereocenters. The zero-order chi connectivity index (χ0) is 19.2. The number of carbonyl (C=O) groups excluding carboxylic acids is 1. The number of ether oxygens (including phenoxy) is 1. The summed E-state index contributed by atoms with van der Waals surface area (Å²) in [7, 11) is 1.55. The van der Waals surface area contributed by atoms with Crippen LogP contribution in [0.25, 0.3) is 0 Å². The first-order valence-corrected chi connectivity index (χ1v) is 10.7. The van der Waals surface area contributed by atoms with E-state index >= 15 is 0 Å². The van der Waals surface area contributed by atoms with Crippen molar-refractivity contribution in [2.24, 2.45) is 0 Å². The number of halogens is 1. The maximum atomic E-state index is 12.9. The van der Waals surface area contributed by atoms with Gasteiger partial charge in [-0.15, -0.1) is 0 Å². The molecule has 0 aliphatic carbocycles. The molecule has 2 aromatic rings. The van der Waals surface area contributed by atoms with Crippen LogP contribution in [-0.4, -0.2) is 50.1 Å². The van der Waals surface area contributed by atoms with Crippen LogP contribution in [0, 0.1) is 0 Å². The molecule has 0 aliphatic rings. The van der Waals surface area contributed by atoms with Gasteiger partial charge in [-0.25, -0.2) is 8.42 Å². The summed E-state index contributed by atoms with van der Waals surface area (Å²) in [5, 5.41) is 0. The van der Waals surface area contributed by atoms with E-state index < -0.39 is 9.05 Å². The zero-order valence-corrected chi connectivity index (χ0v) is 16.5. The van der Waals surface area contributed by atoms with E-state index in [1.165, 1.54) is 12.3 Å². The smallest absolute Gasteiger partial charge is 0.270 e. The normalized spacial score (nSPS) is 11.5. The Morgan fingerprint density at radius 2 is 1.92 bits per heavy atom. The molecule has 0 spiro atoms. The van der Waals surface area contributed by atoms with Gasteiger partial charge in [0.05, 0.1) is 6.61 Å². The third kappa shape index (κ3) is 5.33. The number of likely N-dealkylation sites (N-methyl/N-ethyl adjacent to an activating group) is 1. The molecule has 1 amide bonds. The highest BCUT2D eigenvalue weighted by Crippen LogP contribution is 2.21. The van der Waals surface area contributed by atoms with Crippen LogP contribution in [0.3, 0.4) is 0 Å². The van der Waals surface area contributed by atoms with Crippen LogP contribution in [0.1, 0.15) is 29.9 Å². The molecular weight excluding hydrogens is 376 g/mol. The molecule has 142 valence electrons. The number of hydrogen-bond acceptors (Lipinski definition) is 4. The van der Waals surface area contributed by atoms with Crippen LogP contribution in [0.2, 0.25) is 0 Å². The van der Waals surface area contributed by atoms with Gasteiger partial charge in [0.2, 0.25) is 0 Å².